The molecule has 0 radical (unpaired) electrons. The number of nitrogens with two attached hydrogens (primary N) is 1. The third kappa shape index (κ3) is 10.7. The number of phenolic OH excluding ortho intramolecular Hbond substituents is 1. The van der Waals surface area contributed by atoms with Crippen LogP contribution in [0.1, 0.15) is 44.4 Å². The van der Waals surface area contributed by atoms with Gasteiger partial charge >= 0.3 is 11.9 Å². The molecule has 218 valence electrons. The van der Waals surface area contributed by atoms with Crippen molar-refractivity contribution in [2.75, 3.05) is 0 Å². The number of nitrogens with zero attached hydrogens (tertiary/aromatic N) is 1. The molecule has 0 saturated heterocycles. The van der Waals surface area contributed by atoms with Crippen LogP contribution in [-0.4, -0.2) is 79.1 Å². The molecule has 2 rings (SSSR count). The third-order valence-corrected chi connectivity index (χ3v) is 5.94. The summed E-state index contributed by atoms with van der Waals surface area (Å²) in [4.78, 5) is 68.4. The second kappa shape index (κ2) is 15.2. The fourth-order valence-corrected chi connectivity index (χ4v) is 3.86. The molecule has 4 unspecified atom stereocenters. The van der Waals surface area contributed by atoms with Crippen LogP contribution in [0.2, 0.25) is 0 Å². The number of phenols is 1. The quantitative estimate of drug-likeness (QED) is 0.133. The number of carbonyl (C=O) groups excluding carboxylic acids is 3. The number of aromatic amines is 1. The van der Waals surface area contributed by atoms with E-state index >= 15 is 0 Å². The number of rotatable bonds is 16. The number of carbonyl (C=O) groups is 5. The number of imidazole rings is 1. The first-order chi connectivity index (χ1) is 18.8. The largest absolute Gasteiger partial charge is 0.508 e. The maximum atomic E-state index is 13.3. The van der Waals surface area contributed by atoms with Gasteiger partial charge in [-0.1, -0.05) is 26.0 Å². The molecule has 4 atom stereocenters. The fourth-order valence-electron chi connectivity index (χ4n) is 3.86. The zero-order valence-electron chi connectivity index (χ0n) is 22.3. The summed E-state index contributed by atoms with van der Waals surface area (Å²) in [5, 5.41) is 35.3. The summed E-state index contributed by atoms with van der Waals surface area (Å²) in [6, 6.07) is 1.37. The van der Waals surface area contributed by atoms with Crippen molar-refractivity contribution in [3.8, 4) is 5.75 Å². The molecule has 0 bridgehead atoms. The fraction of sp³-hybridized carbons (Fsp3) is 0.462. The highest BCUT2D eigenvalue weighted by Gasteiger charge is 2.31. The van der Waals surface area contributed by atoms with Crippen molar-refractivity contribution in [1.29, 1.82) is 0 Å². The molecule has 0 spiro atoms. The summed E-state index contributed by atoms with van der Waals surface area (Å²) >= 11 is 0. The van der Waals surface area contributed by atoms with Crippen molar-refractivity contribution < 1.29 is 39.3 Å². The van der Waals surface area contributed by atoms with Crippen LogP contribution < -0.4 is 21.7 Å². The highest BCUT2D eigenvalue weighted by Crippen LogP contribution is 2.12. The van der Waals surface area contributed by atoms with Crippen LogP contribution in [0.25, 0.3) is 0 Å². The summed E-state index contributed by atoms with van der Waals surface area (Å²) in [6.07, 6.45) is 2.26. The van der Waals surface area contributed by atoms with Gasteiger partial charge in [0.05, 0.1) is 12.4 Å². The standard InChI is InChI=1S/C26H36N6O8/c1-14(2)9-20(31-23(36)18(27)10-15-3-5-17(33)6-4-15)24(37)32-21(11-16-12-28-13-29-16)25(38)30-19(26(39)40)7-8-22(34)35/h3-6,12-14,18-21,33H,7-11,27H2,1-2H3,(H,28,29)(H,30,38)(H,31,36)(H,32,37)(H,34,35)(H,39,40). The molecule has 0 aliphatic rings. The van der Waals surface area contributed by atoms with Gasteiger partial charge in [0.2, 0.25) is 17.7 Å². The van der Waals surface area contributed by atoms with Crippen LogP contribution in [0, 0.1) is 5.92 Å². The number of carboxylic acids is 2. The zero-order chi connectivity index (χ0) is 29.8. The summed E-state index contributed by atoms with van der Waals surface area (Å²) in [6.45, 7) is 3.69. The molecule has 14 nitrogen and oxygen atoms in total. The van der Waals surface area contributed by atoms with Crippen molar-refractivity contribution in [1.82, 2.24) is 25.9 Å². The Labute approximate surface area is 230 Å². The first-order valence-electron chi connectivity index (χ1n) is 12.7. The summed E-state index contributed by atoms with van der Waals surface area (Å²) in [7, 11) is 0. The van der Waals surface area contributed by atoms with Crippen molar-refractivity contribution in [3.05, 3.63) is 48.0 Å². The van der Waals surface area contributed by atoms with Crippen LogP contribution in [0.4, 0.5) is 0 Å². The molecule has 0 aliphatic carbocycles. The van der Waals surface area contributed by atoms with Gasteiger partial charge < -0.3 is 42.0 Å². The van der Waals surface area contributed by atoms with Crippen molar-refractivity contribution >= 4 is 29.7 Å². The average Bonchev–Trinajstić information content (AvgIpc) is 3.39. The zero-order valence-corrected chi connectivity index (χ0v) is 22.3. The van der Waals surface area contributed by atoms with Gasteiger partial charge in [0, 0.05) is 24.7 Å². The number of hydrogen-bond acceptors (Lipinski definition) is 8. The Kier molecular flexibility index (Phi) is 12.1. The Morgan fingerprint density at radius 1 is 0.900 bits per heavy atom. The number of carboxylic acid groups (broad SMARTS) is 2. The van der Waals surface area contributed by atoms with E-state index in [-0.39, 0.29) is 37.4 Å². The molecule has 1 heterocycles. The average molecular weight is 561 g/mol. The SMILES string of the molecule is CC(C)CC(NC(=O)C(N)Cc1ccc(O)cc1)C(=O)NC(Cc1cnc[nH]1)C(=O)NC(CCC(=O)O)C(=O)O. The highest BCUT2D eigenvalue weighted by atomic mass is 16.4. The van der Waals surface area contributed by atoms with Gasteiger partial charge in [-0.3, -0.25) is 19.2 Å². The van der Waals surface area contributed by atoms with Gasteiger partial charge in [-0.15, -0.1) is 0 Å². The lowest BCUT2D eigenvalue weighted by Gasteiger charge is -2.26. The summed E-state index contributed by atoms with van der Waals surface area (Å²) < 4.78 is 0. The lowest BCUT2D eigenvalue weighted by Crippen LogP contribution is -2.58. The maximum Gasteiger partial charge on any atom is 0.326 e. The van der Waals surface area contributed by atoms with Gasteiger partial charge in [0.1, 0.15) is 23.9 Å². The van der Waals surface area contributed by atoms with Gasteiger partial charge in [0.15, 0.2) is 0 Å². The molecule has 1 aromatic carbocycles. The van der Waals surface area contributed by atoms with Gasteiger partial charge in [-0.05, 0) is 42.9 Å². The van der Waals surface area contributed by atoms with Gasteiger partial charge in [-0.2, -0.15) is 0 Å². The maximum absolute atomic E-state index is 13.3. The number of amides is 3. The normalized spacial score (nSPS) is 14.0. The monoisotopic (exact) mass is 560 g/mol. The molecule has 0 aliphatic heterocycles. The number of aliphatic carboxylic acids is 2. The van der Waals surface area contributed by atoms with Crippen LogP contribution >= 0.6 is 0 Å². The van der Waals surface area contributed by atoms with E-state index in [1.54, 1.807) is 12.1 Å². The smallest absolute Gasteiger partial charge is 0.326 e. The molecule has 3 amide bonds. The predicted molar refractivity (Wildman–Crippen MR) is 142 cm³/mol. The Morgan fingerprint density at radius 2 is 1.50 bits per heavy atom. The van der Waals surface area contributed by atoms with Crippen molar-refractivity contribution in [2.24, 2.45) is 11.7 Å². The number of nitrogens with one attached hydrogen (secondary N) is 4. The number of benzene rings is 1. The lowest BCUT2D eigenvalue weighted by atomic mass is 10.0. The van der Waals surface area contributed by atoms with Crippen LogP contribution in [0.3, 0.4) is 0 Å². The first kappa shape index (κ1) is 31.8. The molecule has 9 N–H and O–H groups in total. The minimum atomic E-state index is -1.49. The lowest BCUT2D eigenvalue weighted by molar-refractivity contribution is -0.143. The molecule has 0 fully saturated rings. The Morgan fingerprint density at radius 3 is 2.05 bits per heavy atom. The van der Waals surface area contributed by atoms with Crippen LogP contribution in [-0.2, 0) is 36.8 Å². The Hall–Kier alpha value is -4.46. The number of aromatic hydroxyl groups is 1. The van der Waals surface area contributed by atoms with Gasteiger partial charge in [-0.25, -0.2) is 9.78 Å². The van der Waals surface area contributed by atoms with Crippen LogP contribution in [0.15, 0.2) is 36.8 Å². The van der Waals surface area contributed by atoms with E-state index < -0.39 is 60.2 Å². The number of hydrogen-bond donors (Lipinski definition) is 8. The topological polar surface area (TPSA) is 237 Å². The predicted octanol–water partition coefficient (Wildman–Crippen LogP) is -0.322. The summed E-state index contributed by atoms with van der Waals surface area (Å²) in [5.74, 6) is -4.73. The minimum Gasteiger partial charge on any atom is -0.508 e. The molecule has 2 aromatic rings. The van der Waals surface area contributed by atoms with E-state index in [1.807, 2.05) is 13.8 Å². The molecule has 1 aromatic heterocycles. The van der Waals surface area contributed by atoms with Crippen molar-refractivity contribution in [2.45, 2.75) is 70.1 Å². The Bertz CT molecular complexity index is 1150. The third-order valence-electron chi connectivity index (χ3n) is 5.94. The number of aromatic nitrogens is 2. The molecular weight excluding hydrogens is 524 g/mol. The second-order valence-corrected chi connectivity index (χ2v) is 9.84. The molecule has 14 heteroatoms. The Balaban J connectivity index is 2.16. The van der Waals surface area contributed by atoms with E-state index in [0.29, 0.717) is 11.3 Å². The molecule has 40 heavy (non-hydrogen) atoms. The van der Waals surface area contributed by atoms with E-state index in [9.17, 15) is 34.2 Å². The summed E-state index contributed by atoms with van der Waals surface area (Å²) in [5.41, 5.74) is 7.24. The first-order valence-corrected chi connectivity index (χ1v) is 12.7. The second-order valence-electron chi connectivity index (χ2n) is 9.84. The van der Waals surface area contributed by atoms with Gasteiger partial charge in [0.25, 0.3) is 0 Å². The number of H-pyrrole nitrogens is 1. The van der Waals surface area contributed by atoms with E-state index in [2.05, 4.69) is 25.9 Å². The molecular formula is C26H36N6O8. The molecule has 0 saturated carbocycles. The van der Waals surface area contributed by atoms with E-state index in [4.69, 9.17) is 10.8 Å². The highest BCUT2D eigenvalue weighted by molar-refractivity contribution is 5.94. The van der Waals surface area contributed by atoms with E-state index in [1.165, 1.54) is 24.7 Å². The van der Waals surface area contributed by atoms with E-state index in [0.717, 1.165) is 0 Å². The minimum absolute atomic E-state index is 0.0309. The van der Waals surface area contributed by atoms with Crippen molar-refractivity contribution in [3.63, 3.8) is 0 Å². The van der Waals surface area contributed by atoms with Crippen LogP contribution in [0.5, 0.6) is 5.75 Å².